The van der Waals surface area contributed by atoms with Gasteiger partial charge in [0.05, 0.1) is 0 Å². The lowest BCUT2D eigenvalue weighted by Gasteiger charge is -2.15. The Labute approximate surface area is 93.0 Å². The van der Waals surface area contributed by atoms with Gasteiger partial charge in [-0.3, -0.25) is 4.79 Å². The van der Waals surface area contributed by atoms with E-state index in [1.165, 1.54) is 19.3 Å². The quantitative estimate of drug-likeness (QED) is 0.656. The van der Waals surface area contributed by atoms with E-state index < -0.39 is 0 Å². The minimum Gasteiger partial charge on any atom is -0.356 e. The third kappa shape index (κ3) is 4.65. The Hall–Kier alpha value is -0.570. The molecule has 0 aromatic heterocycles. The number of nitrogens with one attached hydrogen (secondary N) is 2. The summed E-state index contributed by atoms with van der Waals surface area (Å²) in [5, 5.41) is 6.09. The van der Waals surface area contributed by atoms with E-state index in [2.05, 4.69) is 17.6 Å². The van der Waals surface area contributed by atoms with Gasteiger partial charge in [0.1, 0.15) is 0 Å². The van der Waals surface area contributed by atoms with E-state index >= 15 is 0 Å². The van der Waals surface area contributed by atoms with Crippen LogP contribution in [0.4, 0.5) is 0 Å². The molecule has 0 bridgehead atoms. The molecule has 0 heterocycles. The third-order valence-corrected chi connectivity index (χ3v) is 3.43. The first-order valence-corrected chi connectivity index (χ1v) is 6.15. The van der Waals surface area contributed by atoms with Gasteiger partial charge in [-0.25, -0.2) is 0 Å². The van der Waals surface area contributed by atoms with Crippen molar-refractivity contribution >= 4 is 5.91 Å². The maximum absolute atomic E-state index is 11.4. The predicted molar refractivity (Wildman–Crippen MR) is 62.7 cm³/mol. The van der Waals surface area contributed by atoms with E-state index in [9.17, 15) is 4.79 Å². The van der Waals surface area contributed by atoms with Crippen molar-refractivity contribution in [2.75, 3.05) is 20.1 Å². The number of amides is 1. The fraction of sp³-hybridized carbons (Fsp3) is 0.917. The highest BCUT2D eigenvalue weighted by Crippen LogP contribution is 2.30. The molecule has 1 saturated carbocycles. The zero-order valence-corrected chi connectivity index (χ0v) is 10.0. The van der Waals surface area contributed by atoms with Crippen molar-refractivity contribution in [3.05, 3.63) is 0 Å². The van der Waals surface area contributed by atoms with Crippen LogP contribution < -0.4 is 10.6 Å². The number of carbonyl (C=O) groups is 1. The summed E-state index contributed by atoms with van der Waals surface area (Å²) in [6.07, 6.45) is 5.55. The standard InChI is InChI=1S/C12H24N2O/c1-10-5-3-6-11(10)9-14-12(15)7-4-8-13-2/h10-11,13H,3-9H2,1-2H3,(H,14,15). The lowest BCUT2D eigenvalue weighted by atomic mass is 9.98. The van der Waals surface area contributed by atoms with Gasteiger partial charge in [0.15, 0.2) is 0 Å². The van der Waals surface area contributed by atoms with Crippen molar-refractivity contribution in [1.82, 2.24) is 10.6 Å². The molecular formula is C12H24N2O. The predicted octanol–water partition coefficient (Wildman–Crippen LogP) is 1.54. The van der Waals surface area contributed by atoms with Gasteiger partial charge in [0, 0.05) is 13.0 Å². The average Bonchev–Trinajstić information content (AvgIpc) is 2.61. The SMILES string of the molecule is CNCCCC(=O)NCC1CCCC1C. The molecule has 1 aliphatic rings. The van der Waals surface area contributed by atoms with Crippen LogP contribution in [-0.4, -0.2) is 26.0 Å². The first kappa shape index (κ1) is 12.5. The minimum absolute atomic E-state index is 0.212. The molecule has 2 N–H and O–H groups in total. The van der Waals surface area contributed by atoms with Gasteiger partial charge in [-0.05, 0) is 38.3 Å². The second-order valence-corrected chi connectivity index (χ2v) is 4.68. The van der Waals surface area contributed by atoms with Crippen LogP contribution in [0.3, 0.4) is 0 Å². The molecule has 88 valence electrons. The highest BCUT2D eigenvalue weighted by atomic mass is 16.1. The van der Waals surface area contributed by atoms with Gasteiger partial charge in [-0.15, -0.1) is 0 Å². The summed E-state index contributed by atoms with van der Waals surface area (Å²) in [7, 11) is 1.91. The van der Waals surface area contributed by atoms with Gasteiger partial charge in [0.2, 0.25) is 5.91 Å². The maximum atomic E-state index is 11.4. The molecular weight excluding hydrogens is 188 g/mol. The largest absolute Gasteiger partial charge is 0.356 e. The Morgan fingerprint density at radius 2 is 2.20 bits per heavy atom. The van der Waals surface area contributed by atoms with Gasteiger partial charge >= 0.3 is 0 Å². The van der Waals surface area contributed by atoms with Crippen LogP contribution in [0.2, 0.25) is 0 Å². The van der Waals surface area contributed by atoms with E-state index in [1.807, 2.05) is 7.05 Å². The van der Waals surface area contributed by atoms with E-state index in [1.54, 1.807) is 0 Å². The molecule has 0 aromatic rings. The zero-order valence-electron chi connectivity index (χ0n) is 10.0. The number of hydrogen-bond donors (Lipinski definition) is 2. The summed E-state index contributed by atoms with van der Waals surface area (Å²) in [5.41, 5.74) is 0. The Bertz CT molecular complexity index is 194. The highest BCUT2D eigenvalue weighted by molar-refractivity contribution is 5.75. The lowest BCUT2D eigenvalue weighted by molar-refractivity contribution is -0.121. The van der Waals surface area contributed by atoms with E-state index in [4.69, 9.17) is 0 Å². The lowest BCUT2D eigenvalue weighted by Crippen LogP contribution is -2.30. The molecule has 0 aromatic carbocycles. The summed E-state index contributed by atoms with van der Waals surface area (Å²) < 4.78 is 0. The van der Waals surface area contributed by atoms with Crippen molar-refractivity contribution in [1.29, 1.82) is 0 Å². The molecule has 2 unspecified atom stereocenters. The van der Waals surface area contributed by atoms with Gasteiger partial charge in [0.25, 0.3) is 0 Å². The molecule has 0 radical (unpaired) electrons. The molecule has 1 amide bonds. The van der Waals surface area contributed by atoms with Gasteiger partial charge in [-0.2, -0.15) is 0 Å². The smallest absolute Gasteiger partial charge is 0.220 e. The van der Waals surface area contributed by atoms with Crippen LogP contribution in [0, 0.1) is 11.8 Å². The Balaban J connectivity index is 2.05. The van der Waals surface area contributed by atoms with Crippen molar-refractivity contribution < 1.29 is 4.79 Å². The molecule has 3 heteroatoms. The van der Waals surface area contributed by atoms with Crippen LogP contribution in [0.1, 0.15) is 39.0 Å². The number of carbonyl (C=O) groups excluding carboxylic acids is 1. The molecule has 0 spiro atoms. The van der Waals surface area contributed by atoms with Crippen LogP contribution >= 0.6 is 0 Å². The molecule has 1 rings (SSSR count). The summed E-state index contributed by atoms with van der Waals surface area (Å²) >= 11 is 0. The van der Waals surface area contributed by atoms with Gasteiger partial charge < -0.3 is 10.6 Å². The highest BCUT2D eigenvalue weighted by Gasteiger charge is 2.23. The number of rotatable bonds is 6. The Kier molecular flexibility index (Phi) is 5.69. The second-order valence-electron chi connectivity index (χ2n) is 4.68. The Morgan fingerprint density at radius 3 is 2.80 bits per heavy atom. The fourth-order valence-corrected chi connectivity index (χ4v) is 2.28. The molecule has 15 heavy (non-hydrogen) atoms. The number of hydrogen-bond acceptors (Lipinski definition) is 2. The van der Waals surface area contributed by atoms with Crippen molar-refractivity contribution in [3.63, 3.8) is 0 Å². The zero-order chi connectivity index (χ0) is 11.1. The van der Waals surface area contributed by atoms with Crippen LogP contribution in [0.5, 0.6) is 0 Å². The normalized spacial score (nSPS) is 25.5. The van der Waals surface area contributed by atoms with Crippen molar-refractivity contribution in [2.24, 2.45) is 11.8 Å². The summed E-state index contributed by atoms with van der Waals surface area (Å²) in [5.74, 6) is 1.73. The molecule has 0 saturated heterocycles. The molecule has 1 aliphatic carbocycles. The van der Waals surface area contributed by atoms with Crippen molar-refractivity contribution in [2.45, 2.75) is 39.0 Å². The topological polar surface area (TPSA) is 41.1 Å². The Morgan fingerprint density at radius 1 is 1.40 bits per heavy atom. The average molecular weight is 212 g/mol. The first-order chi connectivity index (χ1) is 7.24. The van der Waals surface area contributed by atoms with Crippen LogP contribution in [0.25, 0.3) is 0 Å². The molecule has 1 fully saturated rings. The minimum atomic E-state index is 0.212. The van der Waals surface area contributed by atoms with Crippen LogP contribution in [-0.2, 0) is 4.79 Å². The summed E-state index contributed by atoms with van der Waals surface area (Å²) in [6, 6.07) is 0. The van der Waals surface area contributed by atoms with Gasteiger partial charge in [-0.1, -0.05) is 19.8 Å². The summed E-state index contributed by atoms with van der Waals surface area (Å²) in [4.78, 5) is 11.4. The monoisotopic (exact) mass is 212 g/mol. The molecule has 2 atom stereocenters. The molecule has 0 aliphatic heterocycles. The van der Waals surface area contributed by atoms with Crippen LogP contribution in [0.15, 0.2) is 0 Å². The van der Waals surface area contributed by atoms with E-state index in [0.29, 0.717) is 6.42 Å². The second kappa shape index (κ2) is 6.83. The van der Waals surface area contributed by atoms with Crippen molar-refractivity contribution in [3.8, 4) is 0 Å². The third-order valence-electron chi connectivity index (χ3n) is 3.43. The first-order valence-electron chi connectivity index (χ1n) is 6.15. The van der Waals surface area contributed by atoms with E-state index in [-0.39, 0.29) is 5.91 Å². The summed E-state index contributed by atoms with van der Waals surface area (Å²) in [6.45, 7) is 4.11. The molecule has 3 nitrogen and oxygen atoms in total. The maximum Gasteiger partial charge on any atom is 0.220 e. The van der Waals surface area contributed by atoms with E-state index in [0.717, 1.165) is 31.3 Å². The fourth-order valence-electron chi connectivity index (χ4n) is 2.28.